The first kappa shape index (κ1) is 14.4. The van der Waals surface area contributed by atoms with Crippen molar-refractivity contribution >= 4 is 15.8 Å². The molecule has 1 aromatic heterocycles. The summed E-state index contributed by atoms with van der Waals surface area (Å²) in [4.78, 5) is 11.3. The average molecular weight is 294 g/mol. The summed E-state index contributed by atoms with van der Waals surface area (Å²) in [5.41, 5.74) is 0.846. The fourth-order valence-electron chi connectivity index (χ4n) is 1.64. The van der Waals surface area contributed by atoms with Crippen molar-refractivity contribution in [3.63, 3.8) is 0 Å². The average Bonchev–Trinajstić information content (AvgIpc) is 2.82. The molecule has 7 heteroatoms. The highest BCUT2D eigenvalue weighted by Crippen LogP contribution is 2.12. The maximum Gasteiger partial charge on any atom is 0.240 e. The second kappa shape index (κ2) is 5.56. The molecule has 1 aromatic carbocycles. The highest BCUT2D eigenvalue weighted by Gasteiger charge is 2.15. The van der Waals surface area contributed by atoms with E-state index in [-0.39, 0.29) is 17.2 Å². The van der Waals surface area contributed by atoms with Crippen LogP contribution in [0.15, 0.2) is 39.8 Å². The Hall–Kier alpha value is -1.99. The van der Waals surface area contributed by atoms with Crippen molar-refractivity contribution in [2.75, 3.05) is 0 Å². The number of aromatic nitrogens is 1. The van der Waals surface area contributed by atoms with Crippen molar-refractivity contribution in [3.8, 4) is 0 Å². The largest absolute Gasteiger partial charge is 0.361 e. The Morgan fingerprint density at radius 3 is 2.70 bits per heavy atom. The third-order valence-electron chi connectivity index (χ3n) is 2.67. The molecule has 106 valence electrons. The monoisotopic (exact) mass is 294 g/mol. The summed E-state index contributed by atoms with van der Waals surface area (Å²) in [6.45, 7) is 3.14. The Balaban J connectivity index is 2.17. The molecule has 20 heavy (non-hydrogen) atoms. The maximum absolute atomic E-state index is 12.1. The minimum Gasteiger partial charge on any atom is -0.361 e. The van der Waals surface area contributed by atoms with Gasteiger partial charge in [-0.05, 0) is 26.0 Å². The van der Waals surface area contributed by atoms with E-state index in [1.54, 1.807) is 19.1 Å². The minimum atomic E-state index is -3.69. The number of rotatable bonds is 5. The van der Waals surface area contributed by atoms with Gasteiger partial charge in [0.25, 0.3) is 0 Å². The highest BCUT2D eigenvalue weighted by atomic mass is 32.2. The van der Waals surface area contributed by atoms with E-state index in [9.17, 15) is 13.2 Å². The molecule has 1 heterocycles. The summed E-state index contributed by atoms with van der Waals surface area (Å²) >= 11 is 0. The number of carbonyl (C=O) groups is 1. The Kier molecular flexibility index (Phi) is 4.01. The molecule has 0 unspecified atom stereocenters. The molecule has 6 nitrogen and oxygen atoms in total. The van der Waals surface area contributed by atoms with Crippen LogP contribution in [0.2, 0.25) is 0 Å². The maximum atomic E-state index is 12.1. The van der Waals surface area contributed by atoms with E-state index in [1.807, 2.05) is 0 Å². The van der Waals surface area contributed by atoms with E-state index in [0.29, 0.717) is 17.0 Å². The summed E-state index contributed by atoms with van der Waals surface area (Å²) in [5, 5.41) is 3.70. The van der Waals surface area contributed by atoms with Gasteiger partial charge in [-0.2, -0.15) is 0 Å². The van der Waals surface area contributed by atoms with Crippen molar-refractivity contribution in [2.45, 2.75) is 25.3 Å². The molecular weight excluding hydrogens is 280 g/mol. The molecule has 0 fully saturated rings. The van der Waals surface area contributed by atoms with E-state index in [4.69, 9.17) is 4.52 Å². The van der Waals surface area contributed by atoms with Gasteiger partial charge in [-0.1, -0.05) is 17.3 Å². The van der Waals surface area contributed by atoms with Crippen molar-refractivity contribution in [3.05, 3.63) is 47.3 Å². The lowest BCUT2D eigenvalue weighted by molar-refractivity contribution is 0.101. The Labute approximate surface area is 116 Å². The molecule has 0 amide bonds. The van der Waals surface area contributed by atoms with E-state index in [0.717, 1.165) is 0 Å². The quantitative estimate of drug-likeness (QED) is 0.847. The van der Waals surface area contributed by atoms with Gasteiger partial charge in [-0.3, -0.25) is 4.79 Å². The predicted octanol–water partition coefficient (Wildman–Crippen LogP) is 1.66. The number of sulfonamides is 1. The topological polar surface area (TPSA) is 89.3 Å². The van der Waals surface area contributed by atoms with Crippen molar-refractivity contribution < 1.29 is 17.7 Å². The molecule has 0 spiro atoms. The fourth-order valence-corrected chi connectivity index (χ4v) is 2.68. The van der Waals surface area contributed by atoms with Crippen molar-refractivity contribution in [1.82, 2.24) is 9.88 Å². The number of nitrogens with one attached hydrogen (secondary N) is 1. The molecule has 1 N–H and O–H groups in total. The first-order valence-corrected chi connectivity index (χ1v) is 7.39. The van der Waals surface area contributed by atoms with Gasteiger partial charge in [-0.15, -0.1) is 0 Å². The molecule has 0 aliphatic heterocycles. The number of benzene rings is 1. The van der Waals surface area contributed by atoms with Gasteiger partial charge in [0.15, 0.2) is 5.78 Å². The number of Topliss-reactive ketones (excluding diaryl/α,β-unsaturated/α-hetero) is 1. The van der Waals surface area contributed by atoms with Crippen LogP contribution in [-0.4, -0.2) is 19.4 Å². The SMILES string of the molecule is CC(=O)c1cccc(S(=O)(=O)NCc2cc(C)on2)c1. The van der Waals surface area contributed by atoms with Gasteiger partial charge >= 0.3 is 0 Å². The molecule has 0 atom stereocenters. The van der Waals surface area contributed by atoms with E-state index in [1.165, 1.54) is 25.1 Å². The third-order valence-corrected chi connectivity index (χ3v) is 4.07. The smallest absolute Gasteiger partial charge is 0.240 e. The lowest BCUT2D eigenvalue weighted by Gasteiger charge is -2.06. The normalized spacial score (nSPS) is 11.5. The van der Waals surface area contributed by atoms with Gasteiger partial charge in [-0.25, -0.2) is 13.1 Å². The van der Waals surface area contributed by atoms with Crippen LogP contribution in [0.5, 0.6) is 0 Å². The van der Waals surface area contributed by atoms with Crippen LogP contribution in [0.25, 0.3) is 0 Å². The molecule has 0 saturated carbocycles. The van der Waals surface area contributed by atoms with Crippen LogP contribution in [0.4, 0.5) is 0 Å². The molecule has 0 radical (unpaired) electrons. The second-order valence-corrected chi connectivity index (χ2v) is 6.10. The second-order valence-electron chi connectivity index (χ2n) is 4.34. The first-order chi connectivity index (χ1) is 9.38. The molecule has 0 saturated heterocycles. The summed E-state index contributed by atoms with van der Waals surface area (Å²) < 4.78 is 31.5. The number of hydrogen-bond acceptors (Lipinski definition) is 5. The third kappa shape index (κ3) is 3.31. The molecule has 0 bridgehead atoms. The van der Waals surface area contributed by atoms with E-state index >= 15 is 0 Å². The van der Waals surface area contributed by atoms with Gasteiger partial charge in [0.2, 0.25) is 10.0 Å². The van der Waals surface area contributed by atoms with Crippen LogP contribution in [0.1, 0.15) is 28.7 Å². The van der Waals surface area contributed by atoms with E-state index < -0.39 is 10.0 Å². The van der Waals surface area contributed by atoms with Crippen molar-refractivity contribution in [2.24, 2.45) is 0 Å². The molecule has 2 rings (SSSR count). The Bertz CT molecular complexity index is 734. The van der Waals surface area contributed by atoms with Crippen LogP contribution in [-0.2, 0) is 16.6 Å². The lowest BCUT2D eigenvalue weighted by Crippen LogP contribution is -2.23. The summed E-state index contributed by atoms with van der Waals surface area (Å²) in [7, 11) is -3.69. The summed E-state index contributed by atoms with van der Waals surface area (Å²) in [5.74, 6) is 0.423. The molecule has 2 aromatic rings. The number of nitrogens with zero attached hydrogens (tertiary/aromatic N) is 1. The Morgan fingerprint density at radius 2 is 2.10 bits per heavy atom. The number of ketones is 1. The number of hydrogen-bond donors (Lipinski definition) is 1. The predicted molar refractivity (Wildman–Crippen MR) is 71.7 cm³/mol. The summed E-state index contributed by atoms with van der Waals surface area (Å²) in [6.07, 6.45) is 0. The van der Waals surface area contributed by atoms with Crippen LogP contribution >= 0.6 is 0 Å². The van der Waals surface area contributed by atoms with Crippen LogP contribution in [0, 0.1) is 6.92 Å². The Morgan fingerprint density at radius 1 is 1.35 bits per heavy atom. The van der Waals surface area contributed by atoms with Gasteiger partial charge in [0.05, 0.1) is 17.1 Å². The van der Waals surface area contributed by atoms with Crippen molar-refractivity contribution in [1.29, 1.82) is 0 Å². The zero-order valence-electron chi connectivity index (χ0n) is 11.1. The van der Waals surface area contributed by atoms with Crippen LogP contribution < -0.4 is 4.72 Å². The zero-order chi connectivity index (χ0) is 14.8. The summed E-state index contributed by atoms with van der Waals surface area (Å²) in [6, 6.07) is 7.53. The van der Waals surface area contributed by atoms with Gasteiger partial charge in [0, 0.05) is 11.6 Å². The standard InChI is InChI=1S/C13H14N2O4S/c1-9-6-12(15-19-9)8-14-20(17,18)13-5-3-4-11(7-13)10(2)16/h3-7,14H,8H2,1-2H3. The van der Waals surface area contributed by atoms with E-state index in [2.05, 4.69) is 9.88 Å². The molecular formula is C13H14N2O4S. The fraction of sp³-hybridized carbons (Fsp3) is 0.231. The van der Waals surface area contributed by atoms with Gasteiger partial charge in [0.1, 0.15) is 5.76 Å². The lowest BCUT2D eigenvalue weighted by atomic mass is 10.2. The zero-order valence-corrected chi connectivity index (χ0v) is 11.9. The first-order valence-electron chi connectivity index (χ1n) is 5.91. The molecule has 0 aliphatic rings. The molecule has 0 aliphatic carbocycles. The number of carbonyl (C=O) groups excluding carboxylic acids is 1. The van der Waals surface area contributed by atoms with Gasteiger partial charge < -0.3 is 4.52 Å². The highest BCUT2D eigenvalue weighted by molar-refractivity contribution is 7.89. The number of aryl methyl sites for hydroxylation is 1. The van der Waals surface area contributed by atoms with Crippen LogP contribution in [0.3, 0.4) is 0 Å². The minimum absolute atomic E-state index is 0.0317.